The van der Waals surface area contributed by atoms with E-state index in [-0.39, 0.29) is 6.03 Å². The molecule has 4 heteroatoms. The Hall–Kier alpha value is -2.75. The molecule has 0 aromatic heterocycles. The van der Waals surface area contributed by atoms with E-state index in [0.717, 1.165) is 23.3 Å². The van der Waals surface area contributed by atoms with E-state index < -0.39 is 0 Å². The van der Waals surface area contributed by atoms with Crippen LogP contribution < -0.4 is 15.4 Å². The van der Waals surface area contributed by atoms with Gasteiger partial charge in [-0.2, -0.15) is 0 Å². The molecule has 0 spiro atoms. The smallest absolute Gasteiger partial charge is 0.318 e. The van der Waals surface area contributed by atoms with Crippen LogP contribution in [0.1, 0.15) is 16.7 Å². The molecule has 4 nitrogen and oxygen atoms in total. The first kappa shape index (κ1) is 16.6. The van der Waals surface area contributed by atoms with Crippen molar-refractivity contribution < 1.29 is 9.53 Å². The third-order valence-electron chi connectivity index (χ3n) is 3.44. The number of nitrogens with one attached hydrogen (secondary N) is 2. The first-order valence-electron chi connectivity index (χ1n) is 7.58. The van der Waals surface area contributed by atoms with E-state index in [0.29, 0.717) is 6.54 Å². The molecule has 0 aliphatic carbocycles. The number of ether oxygens (including phenoxy) is 1. The van der Waals surface area contributed by atoms with Gasteiger partial charge in [-0.1, -0.05) is 48.0 Å². The summed E-state index contributed by atoms with van der Waals surface area (Å²) in [7, 11) is 1.65. The Balaban J connectivity index is 1.74. The standard InChI is InChI=1S/C19H22N2O2/c1-15-7-9-16(10-8-15)11-13-20-19(22)21-14-12-17-5-3-4-6-18(17)23-2/h3-11,13H,12,14H2,1-2H3,(H2,20,21,22)/b13-11+. The quantitative estimate of drug-likeness (QED) is 0.858. The molecule has 0 unspecified atom stereocenters. The maximum absolute atomic E-state index is 11.7. The van der Waals surface area contributed by atoms with E-state index in [4.69, 9.17) is 4.74 Å². The largest absolute Gasteiger partial charge is 0.496 e. The Labute approximate surface area is 137 Å². The number of carbonyl (C=O) groups is 1. The number of rotatable bonds is 6. The molecular formula is C19H22N2O2. The van der Waals surface area contributed by atoms with Crippen LogP contribution in [0.15, 0.2) is 54.7 Å². The lowest BCUT2D eigenvalue weighted by Crippen LogP contribution is -2.33. The third-order valence-corrected chi connectivity index (χ3v) is 3.44. The molecule has 0 bridgehead atoms. The Bertz CT molecular complexity index is 663. The minimum atomic E-state index is -0.219. The molecule has 2 aromatic rings. The van der Waals surface area contributed by atoms with Crippen LogP contribution >= 0.6 is 0 Å². The second-order valence-corrected chi connectivity index (χ2v) is 5.21. The SMILES string of the molecule is COc1ccccc1CCNC(=O)N/C=C/c1ccc(C)cc1. The number of benzene rings is 2. The van der Waals surface area contributed by atoms with Crippen molar-refractivity contribution in [3.8, 4) is 5.75 Å². The van der Waals surface area contributed by atoms with Crippen LogP contribution in [-0.4, -0.2) is 19.7 Å². The summed E-state index contributed by atoms with van der Waals surface area (Å²) in [5, 5.41) is 5.52. The lowest BCUT2D eigenvalue weighted by molar-refractivity contribution is 0.244. The maximum atomic E-state index is 11.7. The van der Waals surface area contributed by atoms with Crippen molar-refractivity contribution in [2.45, 2.75) is 13.3 Å². The molecule has 0 aliphatic rings. The molecule has 0 atom stereocenters. The predicted molar refractivity (Wildman–Crippen MR) is 93.4 cm³/mol. The second-order valence-electron chi connectivity index (χ2n) is 5.21. The van der Waals surface area contributed by atoms with Gasteiger partial charge in [0.15, 0.2) is 0 Å². The predicted octanol–water partition coefficient (Wildman–Crippen LogP) is 3.52. The van der Waals surface area contributed by atoms with Crippen LogP contribution in [0, 0.1) is 6.92 Å². The molecule has 0 aliphatic heterocycles. The summed E-state index contributed by atoms with van der Waals surface area (Å²) < 4.78 is 5.29. The van der Waals surface area contributed by atoms with Gasteiger partial charge < -0.3 is 15.4 Å². The Morgan fingerprint density at radius 2 is 1.87 bits per heavy atom. The van der Waals surface area contributed by atoms with E-state index in [2.05, 4.69) is 10.6 Å². The second kappa shape index (κ2) is 8.63. The topological polar surface area (TPSA) is 50.4 Å². The molecule has 2 N–H and O–H groups in total. The molecule has 2 amide bonds. The normalized spacial score (nSPS) is 10.5. The van der Waals surface area contributed by atoms with Crippen molar-refractivity contribution in [1.29, 1.82) is 0 Å². The van der Waals surface area contributed by atoms with Crippen LogP contribution in [0.4, 0.5) is 4.79 Å². The van der Waals surface area contributed by atoms with Crippen molar-refractivity contribution >= 4 is 12.1 Å². The summed E-state index contributed by atoms with van der Waals surface area (Å²) in [6, 6.07) is 15.7. The van der Waals surface area contributed by atoms with Gasteiger partial charge in [-0.05, 0) is 36.6 Å². The fraction of sp³-hybridized carbons (Fsp3) is 0.211. The molecule has 2 rings (SSSR count). The minimum Gasteiger partial charge on any atom is -0.496 e. The van der Waals surface area contributed by atoms with Crippen molar-refractivity contribution in [2.24, 2.45) is 0 Å². The van der Waals surface area contributed by atoms with Gasteiger partial charge in [0.1, 0.15) is 5.75 Å². The van der Waals surface area contributed by atoms with Crippen LogP contribution in [0.2, 0.25) is 0 Å². The number of urea groups is 1. The fourth-order valence-corrected chi connectivity index (χ4v) is 2.16. The van der Waals surface area contributed by atoms with Gasteiger partial charge in [-0.3, -0.25) is 0 Å². The molecule has 0 fully saturated rings. The van der Waals surface area contributed by atoms with Crippen molar-refractivity contribution in [3.63, 3.8) is 0 Å². The first-order valence-corrected chi connectivity index (χ1v) is 7.58. The summed E-state index contributed by atoms with van der Waals surface area (Å²) in [5.41, 5.74) is 3.33. The molecule has 0 saturated carbocycles. The minimum absolute atomic E-state index is 0.219. The number of carbonyl (C=O) groups excluding carboxylic acids is 1. The lowest BCUT2D eigenvalue weighted by Gasteiger charge is -2.08. The summed E-state index contributed by atoms with van der Waals surface area (Å²) in [4.78, 5) is 11.7. The first-order chi connectivity index (χ1) is 11.2. The average Bonchev–Trinajstić information content (AvgIpc) is 2.57. The highest BCUT2D eigenvalue weighted by Crippen LogP contribution is 2.17. The maximum Gasteiger partial charge on any atom is 0.318 e. The number of aryl methyl sites for hydroxylation is 1. The zero-order valence-corrected chi connectivity index (χ0v) is 13.5. The molecule has 0 saturated heterocycles. The van der Waals surface area contributed by atoms with Gasteiger partial charge in [0, 0.05) is 12.7 Å². The molecule has 2 aromatic carbocycles. The van der Waals surface area contributed by atoms with Gasteiger partial charge in [-0.15, -0.1) is 0 Å². The van der Waals surface area contributed by atoms with E-state index in [1.807, 2.05) is 61.5 Å². The lowest BCUT2D eigenvalue weighted by atomic mass is 10.1. The zero-order chi connectivity index (χ0) is 16.5. The summed E-state index contributed by atoms with van der Waals surface area (Å²) >= 11 is 0. The number of para-hydroxylation sites is 1. The van der Waals surface area contributed by atoms with Gasteiger partial charge in [-0.25, -0.2) is 4.79 Å². The van der Waals surface area contributed by atoms with E-state index in [1.165, 1.54) is 5.56 Å². The van der Waals surface area contributed by atoms with Crippen molar-refractivity contribution in [2.75, 3.05) is 13.7 Å². The zero-order valence-electron chi connectivity index (χ0n) is 13.5. The van der Waals surface area contributed by atoms with E-state index in [1.54, 1.807) is 13.3 Å². The number of amides is 2. The van der Waals surface area contributed by atoms with Crippen molar-refractivity contribution in [3.05, 3.63) is 71.4 Å². The van der Waals surface area contributed by atoms with Crippen LogP contribution in [0.3, 0.4) is 0 Å². The molecular weight excluding hydrogens is 288 g/mol. The summed E-state index contributed by atoms with van der Waals surface area (Å²) in [5.74, 6) is 0.842. The Morgan fingerprint density at radius 1 is 1.13 bits per heavy atom. The van der Waals surface area contributed by atoms with Gasteiger partial charge in [0.25, 0.3) is 0 Å². The average molecular weight is 310 g/mol. The number of methoxy groups -OCH3 is 1. The van der Waals surface area contributed by atoms with E-state index >= 15 is 0 Å². The summed E-state index contributed by atoms with van der Waals surface area (Å²) in [6.07, 6.45) is 4.22. The fourth-order valence-electron chi connectivity index (χ4n) is 2.16. The molecule has 0 radical (unpaired) electrons. The van der Waals surface area contributed by atoms with E-state index in [9.17, 15) is 4.79 Å². The van der Waals surface area contributed by atoms with Gasteiger partial charge >= 0.3 is 6.03 Å². The summed E-state index contributed by atoms with van der Waals surface area (Å²) in [6.45, 7) is 2.59. The van der Waals surface area contributed by atoms with Gasteiger partial charge in [0.2, 0.25) is 0 Å². The highest BCUT2D eigenvalue weighted by molar-refractivity contribution is 5.75. The molecule has 23 heavy (non-hydrogen) atoms. The van der Waals surface area contributed by atoms with Crippen LogP contribution in [0.25, 0.3) is 6.08 Å². The highest BCUT2D eigenvalue weighted by Gasteiger charge is 2.02. The number of hydrogen-bond donors (Lipinski definition) is 2. The molecule has 120 valence electrons. The van der Waals surface area contributed by atoms with Crippen LogP contribution in [-0.2, 0) is 6.42 Å². The highest BCUT2D eigenvalue weighted by atomic mass is 16.5. The van der Waals surface area contributed by atoms with Crippen molar-refractivity contribution in [1.82, 2.24) is 10.6 Å². The monoisotopic (exact) mass is 310 g/mol. The molecule has 0 heterocycles. The third kappa shape index (κ3) is 5.51. The Morgan fingerprint density at radius 3 is 2.61 bits per heavy atom. The number of hydrogen-bond acceptors (Lipinski definition) is 2. The van der Waals surface area contributed by atoms with Crippen LogP contribution in [0.5, 0.6) is 5.75 Å². The van der Waals surface area contributed by atoms with Gasteiger partial charge in [0.05, 0.1) is 7.11 Å². The Kier molecular flexibility index (Phi) is 6.24.